The summed E-state index contributed by atoms with van der Waals surface area (Å²) in [4.78, 5) is 2.54. The number of benzene rings is 2. The number of piperidine rings is 1. The van der Waals surface area contributed by atoms with E-state index in [2.05, 4.69) is 69.2 Å². The van der Waals surface area contributed by atoms with Crippen LogP contribution in [0.4, 0.5) is 0 Å². The number of hydrogen-bond donors (Lipinski definition) is 0. The molecule has 0 radical (unpaired) electrons. The van der Waals surface area contributed by atoms with Crippen molar-refractivity contribution >= 4 is 21.6 Å². The van der Waals surface area contributed by atoms with Gasteiger partial charge in [0, 0.05) is 42.4 Å². The van der Waals surface area contributed by atoms with Gasteiger partial charge in [-0.25, -0.2) is 5.01 Å². The fourth-order valence-electron chi connectivity index (χ4n) is 5.02. The second-order valence-electron chi connectivity index (χ2n) is 8.39. The van der Waals surface area contributed by atoms with Gasteiger partial charge in [0.2, 0.25) is 5.72 Å². The molecule has 1 saturated heterocycles. The topological polar surface area (TPSA) is 37.3 Å². The van der Waals surface area contributed by atoms with Crippen LogP contribution < -0.4 is 9.47 Å². The lowest BCUT2D eigenvalue weighted by molar-refractivity contribution is -0.150. The van der Waals surface area contributed by atoms with Crippen LogP contribution in [0.1, 0.15) is 49.8 Å². The van der Waals surface area contributed by atoms with Gasteiger partial charge >= 0.3 is 0 Å². The van der Waals surface area contributed by atoms with Gasteiger partial charge in [0.1, 0.15) is 0 Å². The standard InChI is InChI=1S/C24H28BrN3O2/c1-3-13-27-14-11-24(12-15-27)28-21(19-5-4-6-22(29-2)23(19)30-24)16-20(26-28)17-7-9-18(25)10-8-17/h4-10,21H,3,11-16H2,1-2H3/t21-/m0/s1. The third-order valence-electron chi connectivity index (χ3n) is 6.56. The van der Waals surface area contributed by atoms with Crippen LogP contribution in [0.25, 0.3) is 0 Å². The van der Waals surface area contributed by atoms with Gasteiger partial charge in [-0.1, -0.05) is 47.1 Å². The summed E-state index contributed by atoms with van der Waals surface area (Å²) in [6, 6.07) is 14.9. The number of likely N-dealkylation sites (tertiary alicyclic amines) is 1. The smallest absolute Gasteiger partial charge is 0.200 e. The van der Waals surface area contributed by atoms with Crippen molar-refractivity contribution < 1.29 is 9.47 Å². The van der Waals surface area contributed by atoms with E-state index in [1.807, 2.05) is 6.07 Å². The SMILES string of the molecule is CCCN1CCC2(CC1)Oc1c(OC)cccc1[C@@H]1CC(c3ccc(Br)cc3)=NN12. The highest BCUT2D eigenvalue weighted by Crippen LogP contribution is 2.52. The molecule has 2 aromatic carbocycles. The van der Waals surface area contributed by atoms with Crippen LogP contribution >= 0.6 is 15.9 Å². The van der Waals surface area contributed by atoms with Crippen LogP contribution in [0.3, 0.4) is 0 Å². The molecule has 6 heteroatoms. The van der Waals surface area contributed by atoms with Crippen molar-refractivity contribution in [3.8, 4) is 11.5 Å². The van der Waals surface area contributed by atoms with Crippen molar-refractivity contribution in [3.05, 3.63) is 58.1 Å². The lowest BCUT2D eigenvalue weighted by Gasteiger charge is -2.51. The molecule has 0 aliphatic carbocycles. The van der Waals surface area contributed by atoms with Crippen molar-refractivity contribution in [2.75, 3.05) is 26.7 Å². The number of rotatable bonds is 4. The van der Waals surface area contributed by atoms with E-state index >= 15 is 0 Å². The second-order valence-corrected chi connectivity index (χ2v) is 9.30. The molecule has 2 aromatic rings. The normalized spacial score (nSPS) is 22.3. The average molecular weight is 470 g/mol. The van der Waals surface area contributed by atoms with Crippen LogP contribution in [0, 0.1) is 0 Å². The van der Waals surface area contributed by atoms with Gasteiger partial charge < -0.3 is 14.4 Å². The minimum atomic E-state index is -0.409. The Morgan fingerprint density at radius 2 is 1.93 bits per heavy atom. The monoisotopic (exact) mass is 469 g/mol. The summed E-state index contributed by atoms with van der Waals surface area (Å²) in [6.07, 6.45) is 3.95. The van der Waals surface area contributed by atoms with Crippen LogP contribution in [0.5, 0.6) is 11.5 Å². The number of ether oxygens (including phenoxy) is 2. The van der Waals surface area contributed by atoms with E-state index in [1.165, 1.54) is 17.5 Å². The molecule has 0 unspecified atom stereocenters. The molecular formula is C24H28BrN3O2. The maximum atomic E-state index is 6.79. The highest BCUT2D eigenvalue weighted by atomic mass is 79.9. The van der Waals surface area contributed by atoms with Gasteiger partial charge in [-0.05, 0) is 36.7 Å². The van der Waals surface area contributed by atoms with Gasteiger partial charge in [0.05, 0.1) is 18.9 Å². The highest BCUT2D eigenvalue weighted by molar-refractivity contribution is 9.10. The Hall–Kier alpha value is -2.05. The van der Waals surface area contributed by atoms with Crippen molar-refractivity contribution in [1.82, 2.24) is 9.91 Å². The molecule has 5 rings (SSSR count). The molecule has 1 atom stereocenters. The van der Waals surface area contributed by atoms with Crippen molar-refractivity contribution in [2.24, 2.45) is 5.10 Å². The van der Waals surface area contributed by atoms with Crippen LogP contribution in [-0.2, 0) is 0 Å². The molecule has 5 nitrogen and oxygen atoms in total. The summed E-state index contributed by atoms with van der Waals surface area (Å²) < 4.78 is 13.6. The Bertz CT molecular complexity index is 951. The maximum absolute atomic E-state index is 6.79. The number of para-hydroxylation sites is 1. The number of methoxy groups -OCH3 is 1. The zero-order valence-electron chi connectivity index (χ0n) is 17.6. The molecule has 3 aliphatic heterocycles. The molecule has 0 amide bonds. The molecule has 0 saturated carbocycles. The molecule has 0 bridgehead atoms. The molecule has 0 aromatic heterocycles. The Morgan fingerprint density at radius 3 is 2.63 bits per heavy atom. The number of halogens is 1. The first-order valence-electron chi connectivity index (χ1n) is 10.8. The van der Waals surface area contributed by atoms with E-state index in [-0.39, 0.29) is 6.04 Å². The van der Waals surface area contributed by atoms with Gasteiger partial charge in [-0.3, -0.25) is 0 Å². The van der Waals surface area contributed by atoms with E-state index in [0.29, 0.717) is 0 Å². The van der Waals surface area contributed by atoms with Crippen molar-refractivity contribution in [1.29, 1.82) is 0 Å². The summed E-state index contributed by atoms with van der Waals surface area (Å²) in [5, 5.41) is 7.44. The number of fused-ring (bicyclic) bond motifs is 4. The minimum absolute atomic E-state index is 0.181. The highest BCUT2D eigenvalue weighted by Gasteiger charge is 2.52. The van der Waals surface area contributed by atoms with E-state index in [4.69, 9.17) is 14.6 Å². The third-order valence-corrected chi connectivity index (χ3v) is 7.09. The fraction of sp³-hybridized carbons (Fsp3) is 0.458. The summed E-state index contributed by atoms with van der Waals surface area (Å²) in [7, 11) is 1.72. The lowest BCUT2D eigenvalue weighted by Crippen LogP contribution is -2.59. The predicted molar refractivity (Wildman–Crippen MR) is 122 cm³/mol. The molecule has 3 aliphatic rings. The third kappa shape index (κ3) is 3.30. The number of hydrazone groups is 1. The quantitative estimate of drug-likeness (QED) is 0.616. The lowest BCUT2D eigenvalue weighted by atomic mass is 9.90. The largest absolute Gasteiger partial charge is 0.493 e. The van der Waals surface area contributed by atoms with Gasteiger partial charge in [-0.15, -0.1) is 0 Å². The summed E-state index contributed by atoms with van der Waals surface area (Å²) >= 11 is 3.54. The van der Waals surface area contributed by atoms with E-state index in [0.717, 1.165) is 60.6 Å². The maximum Gasteiger partial charge on any atom is 0.200 e. The van der Waals surface area contributed by atoms with Crippen LogP contribution in [0.2, 0.25) is 0 Å². The zero-order chi connectivity index (χ0) is 20.7. The summed E-state index contributed by atoms with van der Waals surface area (Å²) in [6.45, 7) is 5.45. The first-order valence-corrected chi connectivity index (χ1v) is 11.6. The predicted octanol–water partition coefficient (Wildman–Crippen LogP) is 5.20. The number of nitrogens with zero attached hydrogens (tertiary/aromatic N) is 3. The number of hydrogen-bond acceptors (Lipinski definition) is 5. The van der Waals surface area contributed by atoms with Gasteiger partial charge in [-0.2, -0.15) is 5.10 Å². The summed E-state index contributed by atoms with van der Waals surface area (Å²) in [5.41, 5.74) is 3.07. The van der Waals surface area contributed by atoms with E-state index in [1.54, 1.807) is 7.11 Å². The fourth-order valence-corrected chi connectivity index (χ4v) is 5.28. The Balaban J connectivity index is 1.54. The molecule has 158 valence electrons. The molecule has 30 heavy (non-hydrogen) atoms. The van der Waals surface area contributed by atoms with Gasteiger partial charge in [0.15, 0.2) is 11.5 Å². The van der Waals surface area contributed by atoms with E-state index < -0.39 is 5.72 Å². The van der Waals surface area contributed by atoms with Crippen LogP contribution in [-0.4, -0.2) is 48.1 Å². The molecular weight excluding hydrogens is 442 g/mol. The van der Waals surface area contributed by atoms with Gasteiger partial charge in [0.25, 0.3) is 0 Å². The van der Waals surface area contributed by atoms with E-state index in [9.17, 15) is 0 Å². The molecule has 1 fully saturated rings. The summed E-state index contributed by atoms with van der Waals surface area (Å²) in [5.74, 6) is 1.72. The molecule has 3 heterocycles. The molecule has 0 N–H and O–H groups in total. The van der Waals surface area contributed by atoms with Crippen molar-refractivity contribution in [3.63, 3.8) is 0 Å². The Morgan fingerprint density at radius 1 is 1.17 bits per heavy atom. The Labute approximate surface area is 186 Å². The second kappa shape index (κ2) is 7.89. The van der Waals surface area contributed by atoms with Crippen molar-refractivity contribution in [2.45, 2.75) is 44.4 Å². The minimum Gasteiger partial charge on any atom is -0.493 e. The molecule has 1 spiro atoms. The average Bonchev–Trinajstić information content (AvgIpc) is 3.23. The first-order chi connectivity index (χ1) is 14.6. The first kappa shape index (κ1) is 19.9. The van der Waals surface area contributed by atoms with Crippen LogP contribution in [0.15, 0.2) is 52.0 Å². The Kier molecular flexibility index (Phi) is 5.23. The zero-order valence-corrected chi connectivity index (χ0v) is 19.2.